The molecule has 0 aromatic carbocycles. The third-order valence-electron chi connectivity index (χ3n) is 8.12. The monoisotopic (exact) mass is 516 g/mol. The summed E-state index contributed by atoms with van der Waals surface area (Å²) in [6.45, 7) is 43.4. The minimum Gasteiger partial charge on any atom is -0.297 e. The number of hydrogen-bond acceptors (Lipinski definition) is 1. The average Bonchev–Trinajstić information content (AvgIpc) is 2.58. The highest BCUT2D eigenvalue weighted by atomic mass is 14.7. The van der Waals surface area contributed by atoms with Gasteiger partial charge in [0, 0.05) is 18.2 Å². The number of hydrogen-bond donors (Lipinski definition) is 0. The molecule has 0 N–H and O–H groups in total. The van der Waals surface area contributed by atoms with Gasteiger partial charge < -0.3 is 0 Å². The van der Waals surface area contributed by atoms with Crippen LogP contribution < -0.4 is 0 Å². The van der Waals surface area contributed by atoms with E-state index >= 15 is 0 Å². The van der Waals surface area contributed by atoms with Crippen molar-refractivity contribution in [2.75, 3.05) is 6.54 Å². The molecule has 0 fully saturated rings. The van der Waals surface area contributed by atoms with Crippen LogP contribution in [0.3, 0.4) is 0 Å². The molecule has 0 saturated carbocycles. The van der Waals surface area contributed by atoms with Gasteiger partial charge in [0.15, 0.2) is 0 Å². The summed E-state index contributed by atoms with van der Waals surface area (Å²) in [4.78, 5) is 4.84. The Balaban J connectivity index is 5.18. The molecule has 0 atom stereocenters. The van der Waals surface area contributed by atoms with E-state index in [9.17, 15) is 0 Å². The van der Waals surface area contributed by atoms with Gasteiger partial charge in [0.05, 0.1) is 0 Å². The fraction of sp³-hybridized carbons (Fsp3) is 0.861. The van der Waals surface area contributed by atoms with Gasteiger partial charge in [-0.1, -0.05) is 149 Å². The van der Waals surface area contributed by atoms with E-state index in [1.807, 2.05) is 0 Å². The Morgan fingerprint density at radius 3 is 1.19 bits per heavy atom. The predicted molar refractivity (Wildman–Crippen MR) is 172 cm³/mol. The molecule has 0 heterocycles. The van der Waals surface area contributed by atoms with Crippen molar-refractivity contribution >= 4 is 6.21 Å². The third kappa shape index (κ3) is 16.0. The molecule has 218 valence electrons. The van der Waals surface area contributed by atoms with E-state index in [2.05, 4.69) is 155 Å². The van der Waals surface area contributed by atoms with Crippen molar-refractivity contribution in [3.63, 3.8) is 0 Å². The highest BCUT2D eigenvalue weighted by Crippen LogP contribution is 2.47. The van der Waals surface area contributed by atoms with Crippen LogP contribution in [-0.2, 0) is 0 Å². The molecule has 0 rings (SSSR count). The van der Waals surface area contributed by atoms with Gasteiger partial charge in [-0.2, -0.15) is 0 Å². The lowest BCUT2D eigenvalue weighted by Gasteiger charge is -2.43. The summed E-state index contributed by atoms with van der Waals surface area (Å²) in [5.74, 6) is 0. The van der Waals surface area contributed by atoms with Crippen LogP contribution in [0.15, 0.2) is 29.3 Å². The molecule has 1 heteroatoms. The number of allylic oxidation sites excluding steroid dienone is 4. The summed E-state index contributed by atoms with van der Waals surface area (Å²) in [5, 5.41) is 0. The van der Waals surface area contributed by atoms with Gasteiger partial charge >= 0.3 is 0 Å². The maximum Gasteiger partial charge on any atom is 0.0393 e. The van der Waals surface area contributed by atoms with E-state index in [-0.39, 0.29) is 32.5 Å². The zero-order chi connectivity index (χ0) is 29.8. The largest absolute Gasteiger partial charge is 0.297 e. The third-order valence-corrected chi connectivity index (χ3v) is 8.12. The Hall–Kier alpha value is -0.850. The first-order valence-electron chi connectivity index (χ1n) is 14.9. The van der Waals surface area contributed by atoms with Gasteiger partial charge in [0.25, 0.3) is 0 Å². The first kappa shape index (κ1) is 36.1. The number of nitrogens with zero attached hydrogens (tertiary/aromatic N) is 1. The fourth-order valence-corrected chi connectivity index (χ4v) is 5.82. The topological polar surface area (TPSA) is 12.4 Å². The van der Waals surface area contributed by atoms with Crippen molar-refractivity contribution in [2.45, 2.75) is 150 Å². The molecule has 0 aliphatic rings. The summed E-state index contributed by atoms with van der Waals surface area (Å²) < 4.78 is 0. The van der Waals surface area contributed by atoms with Gasteiger partial charge in [-0.3, -0.25) is 4.99 Å². The van der Waals surface area contributed by atoms with Gasteiger partial charge in [0.1, 0.15) is 0 Å². The van der Waals surface area contributed by atoms with Gasteiger partial charge in [-0.15, -0.1) is 0 Å². The van der Waals surface area contributed by atoms with Gasteiger partial charge in [-0.05, 0) is 63.6 Å². The SMILES string of the molecule is CC(C)(C)CC(C)(C)C=NCCC(C)(C)/C=C\C(C)(C)CC(C)(C)/C=C\C(C)(C)CC(C)(C)C(C)(C)C. The lowest BCUT2D eigenvalue weighted by molar-refractivity contribution is 0.0832. The summed E-state index contributed by atoms with van der Waals surface area (Å²) in [7, 11) is 0. The normalized spacial score (nSPS) is 16.1. The molecule has 0 unspecified atom stereocenters. The maximum absolute atomic E-state index is 4.84. The van der Waals surface area contributed by atoms with E-state index in [0.29, 0.717) is 10.8 Å². The zero-order valence-corrected chi connectivity index (χ0v) is 28.9. The van der Waals surface area contributed by atoms with Crippen molar-refractivity contribution in [3.05, 3.63) is 24.3 Å². The second-order valence-electron chi connectivity index (χ2n) is 18.6. The van der Waals surface area contributed by atoms with Crippen LogP contribution in [-0.4, -0.2) is 12.8 Å². The fourth-order valence-electron chi connectivity index (χ4n) is 5.82. The highest BCUT2D eigenvalue weighted by Gasteiger charge is 2.37. The first-order chi connectivity index (χ1) is 16.0. The maximum atomic E-state index is 4.84. The second kappa shape index (κ2) is 12.1. The molecule has 0 aliphatic heterocycles. The lowest BCUT2D eigenvalue weighted by Crippen LogP contribution is -2.34. The highest BCUT2D eigenvalue weighted by molar-refractivity contribution is 5.64. The summed E-state index contributed by atoms with van der Waals surface area (Å²) >= 11 is 0. The zero-order valence-electron chi connectivity index (χ0n) is 28.9. The summed E-state index contributed by atoms with van der Waals surface area (Å²) in [5.41, 5.74) is 1.65. The molecule has 0 spiro atoms. The number of aliphatic imine (C=N–C) groups is 1. The van der Waals surface area contributed by atoms with Gasteiger partial charge in [0.2, 0.25) is 0 Å². The molecule has 0 aromatic rings. The van der Waals surface area contributed by atoms with Crippen LogP contribution >= 0.6 is 0 Å². The molecule has 0 aliphatic carbocycles. The van der Waals surface area contributed by atoms with Crippen molar-refractivity contribution < 1.29 is 0 Å². The molecular formula is C36H69N. The van der Waals surface area contributed by atoms with Crippen LogP contribution in [0.5, 0.6) is 0 Å². The average molecular weight is 516 g/mol. The Bertz CT molecular complexity index is 780. The molecule has 37 heavy (non-hydrogen) atoms. The summed E-state index contributed by atoms with van der Waals surface area (Å²) in [6, 6.07) is 0. The van der Waals surface area contributed by atoms with E-state index in [1.54, 1.807) is 0 Å². The minimum atomic E-state index is 0.137. The van der Waals surface area contributed by atoms with E-state index < -0.39 is 0 Å². The molecule has 0 bridgehead atoms. The summed E-state index contributed by atoms with van der Waals surface area (Å²) in [6.07, 6.45) is 16.6. The van der Waals surface area contributed by atoms with E-state index in [1.165, 1.54) is 6.42 Å². The Labute approximate surface area is 235 Å². The first-order valence-corrected chi connectivity index (χ1v) is 14.9. The van der Waals surface area contributed by atoms with Crippen LogP contribution in [0.1, 0.15) is 150 Å². The molecule has 0 saturated heterocycles. The Morgan fingerprint density at radius 1 is 0.432 bits per heavy atom. The Morgan fingerprint density at radius 2 is 0.811 bits per heavy atom. The second-order valence-corrected chi connectivity index (χ2v) is 18.6. The molecule has 0 aromatic heterocycles. The minimum absolute atomic E-state index is 0.137. The molecular weight excluding hydrogens is 446 g/mol. The van der Waals surface area contributed by atoms with Crippen LogP contribution in [0.2, 0.25) is 0 Å². The molecule has 0 amide bonds. The van der Waals surface area contributed by atoms with Crippen molar-refractivity contribution in [1.82, 2.24) is 0 Å². The lowest BCUT2D eigenvalue weighted by atomic mass is 9.62. The smallest absolute Gasteiger partial charge is 0.0393 e. The van der Waals surface area contributed by atoms with E-state index in [4.69, 9.17) is 4.99 Å². The van der Waals surface area contributed by atoms with Gasteiger partial charge in [-0.25, -0.2) is 0 Å². The van der Waals surface area contributed by atoms with Crippen LogP contribution in [0.25, 0.3) is 0 Å². The van der Waals surface area contributed by atoms with E-state index in [0.717, 1.165) is 25.8 Å². The number of rotatable bonds is 13. The standard InChI is InChI=1S/C36H69N/c1-29(2,3)25-35(15,16)28-37-24-23-31(7,8)19-20-32(9,10)26-33(11,12)21-22-34(13,14)27-36(17,18)30(4,5)6/h19-22,28H,23-27H2,1-18H3/b20-19-,22-21-,37-28?. The van der Waals surface area contributed by atoms with Crippen molar-refractivity contribution in [1.29, 1.82) is 0 Å². The molecule has 1 nitrogen and oxygen atoms in total. The van der Waals surface area contributed by atoms with Crippen LogP contribution in [0.4, 0.5) is 0 Å². The van der Waals surface area contributed by atoms with Crippen LogP contribution in [0, 0.1) is 43.3 Å². The Kier molecular flexibility index (Phi) is 11.8. The van der Waals surface area contributed by atoms with Crippen molar-refractivity contribution in [3.8, 4) is 0 Å². The predicted octanol–water partition coefficient (Wildman–Crippen LogP) is 12.0. The van der Waals surface area contributed by atoms with Crippen molar-refractivity contribution in [2.24, 2.45) is 48.3 Å². The molecule has 0 radical (unpaired) electrons. The quantitative estimate of drug-likeness (QED) is 0.171.